The quantitative estimate of drug-likeness (QED) is 0.719. The topological polar surface area (TPSA) is 32.3 Å². The van der Waals surface area contributed by atoms with Crippen LogP contribution in [0.2, 0.25) is 0 Å². The van der Waals surface area contributed by atoms with Crippen molar-refractivity contribution >= 4 is 6.03 Å². The number of amides is 2. The van der Waals surface area contributed by atoms with Crippen LogP contribution in [0, 0.1) is 5.92 Å². The Kier molecular flexibility index (Phi) is 4.49. The summed E-state index contributed by atoms with van der Waals surface area (Å²) in [7, 11) is 0. The minimum absolute atomic E-state index is 0.168. The fourth-order valence-corrected chi connectivity index (χ4v) is 2.83. The summed E-state index contributed by atoms with van der Waals surface area (Å²) in [6.45, 7) is 2.81. The summed E-state index contributed by atoms with van der Waals surface area (Å²) in [6.07, 6.45) is 10.4. The molecule has 1 heterocycles. The first-order valence-corrected chi connectivity index (χ1v) is 6.89. The van der Waals surface area contributed by atoms with E-state index >= 15 is 0 Å². The minimum Gasteiger partial charge on any atom is -0.338 e. The molecule has 1 saturated heterocycles. The van der Waals surface area contributed by atoms with Crippen molar-refractivity contribution in [1.29, 1.82) is 0 Å². The van der Waals surface area contributed by atoms with Crippen molar-refractivity contribution < 1.29 is 4.79 Å². The Morgan fingerprint density at radius 3 is 2.25 bits per heavy atom. The molecule has 92 valence electrons. The molecule has 2 fully saturated rings. The zero-order chi connectivity index (χ0) is 11.2. The molecule has 0 atom stereocenters. The zero-order valence-corrected chi connectivity index (χ0v) is 10.2. The summed E-state index contributed by atoms with van der Waals surface area (Å²) in [6, 6.07) is 0.168. The Hall–Kier alpha value is -0.730. The van der Waals surface area contributed by atoms with Gasteiger partial charge in [0.05, 0.1) is 0 Å². The van der Waals surface area contributed by atoms with Gasteiger partial charge in [-0.3, -0.25) is 0 Å². The average molecular weight is 224 g/mol. The number of carbonyl (C=O) groups excluding carboxylic acids is 1. The number of rotatable bonds is 2. The molecule has 1 aliphatic carbocycles. The van der Waals surface area contributed by atoms with E-state index in [1.807, 2.05) is 4.90 Å². The monoisotopic (exact) mass is 224 g/mol. The van der Waals surface area contributed by atoms with Gasteiger partial charge in [-0.2, -0.15) is 0 Å². The van der Waals surface area contributed by atoms with E-state index in [1.165, 1.54) is 51.4 Å². The molecule has 0 unspecified atom stereocenters. The molecule has 3 nitrogen and oxygen atoms in total. The normalized spacial score (nSPS) is 23.1. The van der Waals surface area contributed by atoms with E-state index in [-0.39, 0.29) is 6.03 Å². The summed E-state index contributed by atoms with van der Waals surface area (Å²) in [5.41, 5.74) is 0. The number of hydrogen-bond donors (Lipinski definition) is 1. The number of hydrogen-bond acceptors (Lipinski definition) is 1. The van der Waals surface area contributed by atoms with E-state index in [0.717, 1.165) is 25.6 Å². The van der Waals surface area contributed by atoms with Crippen LogP contribution in [0.25, 0.3) is 0 Å². The number of nitrogens with zero attached hydrogens (tertiary/aromatic N) is 1. The van der Waals surface area contributed by atoms with Gasteiger partial charge in [0.2, 0.25) is 0 Å². The summed E-state index contributed by atoms with van der Waals surface area (Å²) in [4.78, 5) is 13.7. The molecular weight excluding hydrogens is 200 g/mol. The zero-order valence-electron chi connectivity index (χ0n) is 10.2. The van der Waals surface area contributed by atoms with E-state index in [4.69, 9.17) is 0 Å². The molecule has 2 amide bonds. The van der Waals surface area contributed by atoms with Crippen molar-refractivity contribution in [1.82, 2.24) is 10.2 Å². The number of urea groups is 1. The van der Waals surface area contributed by atoms with Crippen LogP contribution < -0.4 is 5.32 Å². The lowest BCUT2D eigenvalue weighted by atomic mass is 10.0. The summed E-state index contributed by atoms with van der Waals surface area (Å²) in [5, 5.41) is 3.11. The van der Waals surface area contributed by atoms with Crippen molar-refractivity contribution in [2.45, 2.75) is 51.4 Å². The molecule has 2 aliphatic rings. The first-order chi connectivity index (χ1) is 7.86. The second-order valence-corrected chi connectivity index (χ2v) is 5.24. The highest BCUT2D eigenvalue weighted by Crippen LogP contribution is 2.22. The lowest BCUT2D eigenvalue weighted by Gasteiger charge is -2.19. The molecule has 0 aromatic heterocycles. The van der Waals surface area contributed by atoms with Crippen LogP contribution in [0.15, 0.2) is 0 Å². The summed E-state index contributed by atoms with van der Waals surface area (Å²) < 4.78 is 0. The Morgan fingerprint density at radius 2 is 1.62 bits per heavy atom. The van der Waals surface area contributed by atoms with Crippen LogP contribution in [0.5, 0.6) is 0 Å². The maximum absolute atomic E-state index is 11.8. The molecule has 0 aromatic carbocycles. The Morgan fingerprint density at radius 1 is 1.00 bits per heavy atom. The van der Waals surface area contributed by atoms with Gasteiger partial charge < -0.3 is 10.2 Å². The van der Waals surface area contributed by atoms with Crippen molar-refractivity contribution in [3.05, 3.63) is 0 Å². The van der Waals surface area contributed by atoms with Crippen LogP contribution in [-0.4, -0.2) is 30.6 Å². The van der Waals surface area contributed by atoms with E-state index in [2.05, 4.69) is 5.32 Å². The number of likely N-dealkylation sites (tertiary alicyclic amines) is 1. The molecule has 1 N–H and O–H groups in total. The molecule has 0 radical (unpaired) electrons. The van der Waals surface area contributed by atoms with Crippen LogP contribution in [0.4, 0.5) is 4.79 Å². The van der Waals surface area contributed by atoms with Gasteiger partial charge in [-0.1, -0.05) is 25.7 Å². The molecule has 0 aromatic rings. The van der Waals surface area contributed by atoms with Gasteiger partial charge in [-0.15, -0.1) is 0 Å². The van der Waals surface area contributed by atoms with Gasteiger partial charge in [0.15, 0.2) is 0 Å². The van der Waals surface area contributed by atoms with Crippen LogP contribution >= 0.6 is 0 Å². The second kappa shape index (κ2) is 6.12. The van der Waals surface area contributed by atoms with Gasteiger partial charge in [0, 0.05) is 19.6 Å². The first kappa shape index (κ1) is 11.7. The van der Waals surface area contributed by atoms with E-state index < -0.39 is 0 Å². The van der Waals surface area contributed by atoms with Gasteiger partial charge in [0.1, 0.15) is 0 Å². The maximum Gasteiger partial charge on any atom is 0.317 e. The Balaban J connectivity index is 1.67. The van der Waals surface area contributed by atoms with Crippen LogP contribution in [0.1, 0.15) is 51.4 Å². The number of carbonyl (C=O) groups is 1. The number of nitrogens with one attached hydrogen (secondary N) is 1. The SMILES string of the molecule is O=C(NCC1CCCCCC1)N1CCCC1. The third-order valence-corrected chi connectivity index (χ3v) is 3.91. The van der Waals surface area contributed by atoms with Gasteiger partial charge in [-0.25, -0.2) is 4.79 Å². The van der Waals surface area contributed by atoms with Gasteiger partial charge in [0.25, 0.3) is 0 Å². The first-order valence-electron chi connectivity index (χ1n) is 6.89. The Labute approximate surface area is 98.6 Å². The summed E-state index contributed by atoms with van der Waals surface area (Å²) in [5.74, 6) is 0.731. The highest BCUT2D eigenvalue weighted by Gasteiger charge is 2.19. The van der Waals surface area contributed by atoms with E-state index in [0.29, 0.717) is 0 Å². The lowest BCUT2D eigenvalue weighted by Crippen LogP contribution is -2.40. The van der Waals surface area contributed by atoms with E-state index in [9.17, 15) is 4.79 Å². The third kappa shape index (κ3) is 3.39. The van der Waals surface area contributed by atoms with Crippen molar-refractivity contribution in [3.8, 4) is 0 Å². The summed E-state index contributed by atoms with van der Waals surface area (Å²) >= 11 is 0. The standard InChI is InChI=1S/C13H24N2O/c16-13(15-9-5-6-10-15)14-11-12-7-3-1-2-4-8-12/h12H,1-11H2,(H,14,16). The maximum atomic E-state index is 11.8. The molecule has 0 bridgehead atoms. The smallest absolute Gasteiger partial charge is 0.317 e. The molecule has 1 aliphatic heterocycles. The predicted octanol–water partition coefficient (Wildman–Crippen LogP) is 2.76. The molecule has 0 spiro atoms. The van der Waals surface area contributed by atoms with Crippen molar-refractivity contribution in [2.75, 3.05) is 19.6 Å². The van der Waals surface area contributed by atoms with Crippen LogP contribution in [0.3, 0.4) is 0 Å². The molecule has 16 heavy (non-hydrogen) atoms. The van der Waals surface area contributed by atoms with Gasteiger partial charge in [-0.05, 0) is 31.6 Å². The van der Waals surface area contributed by atoms with Crippen molar-refractivity contribution in [3.63, 3.8) is 0 Å². The predicted molar refractivity (Wildman–Crippen MR) is 65.4 cm³/mol. The Bertz CT molecular complexity index is 216. The highest BCUT2D eigenvalue weighted by molar-refractivity contribution is 5.74. The highest BCUT2D eigenvalue weighted by atomic mass is 16.2. The molecule has 3 heteroatoms. The second-order valence-electron chi connectivity index (χ2n) is 5.24. The van der Waals surface area contributed by atoms with Crippen LogP contribution in [-0.2, 0) is 0 Å². The fourth-order valence-electron chi connectivity index (χ4n) is 2.83. The molecule has 2 rings (SSSR count). The molecule has 1 saturated carbocycles. The van der Waals surface area contributed by atoms with Crippen molar-refractivity contribution in [2.24, 2.45) is 5.92 Å². The lowest BCUT2D eigenvalue weighted by molar-refractivity contribution is 0.206. The average Bonchev–Trinajstić information content (AvgIpc) is 2.71. The van der Waals surface area contributed by atoms with Gasteiger partial charge >= 0.3 is 6.03 Å². The third-order valence-electron chi connectivity index (χ3n) is 3.91. The van der Waals surface area contributed by atoms with E-state index in [1.54, 1.807) is 0 Å². The molecular formula is C13H24N2O. The minimum atomic E-state index is 0.168. The fraction of sp³-hybridized carbons (Fsp3) is 0.923. The largest absolute Gasteiger partial charge is 0.338 e.